The Balaban J connectivity index is 1.74. The SMILES string of the molecule is CCN1CCc2cc(OC)c(OC)cc2C12CCC(CO)CC2C1c2cc(OC)c(OC)cc2CCN1C. The maximum Gasteiger partial charge on any atom is 0.161 e. The lowest BCUT2D eigenvalue weighted by atomic mass is 9.58. The lowest BCUT2D eigenvalue weighted by Gasteiger charge is -2.59. The molecule has 0 saturated heterocycles. The number of hydrogen-bond donors (Lipinski definition) is 1. The van der Waals surface area contributed by atoms with E-state index < -0.39 is 0 Å². The second-order valence-corrected chi connectivity index (χ2v) is 11.1. The lowest BCUT2D eigenvalue weighted by molar-refractivity contribution is -0.0698. The number of nitrogens with zero attached hydrogens (tertiary/aromatic N) is 2. The third-order valence-electron chi connectivity index (χ3n) is 9.62. The van der Waals surface area contributed by atoms with Crippen molar-refractivity contribution in [3.8, 4) is 23.0 Å². The highest BCUT2D eigenvalue weighted by atomic mass is 16.5. The summed E-state index contributed by atoms with van der Waals surface area (Å²) in [6.45, 7) is 5.48. The smallest absolute Gasteiger partial charge is 0.161 e. The van der Waals surface area contributed by atoms with Crippen molar-refractivity contribution in [1.82, 2.24) is 9.80 Å². The van der Waals surface area contributed by atoms with Gasteiger partial charge in [-0.3, -0.25) is 9.80 Å². The second-order valence-electron chi connectivity index (χ2n) is 11.1. The van der Waals surface area contributed by atoms with Crippen LogP contribution in [0.1, 0.15) is 54.5 Å². The van der Waals surface area contributed by atoms with Gasteiger partial charge in [-0.1, -0.05) is 6.92 Å². The molecule has 7 heteroatoms. The lowest BCUT2D eigenvalue weighted by Crippen LogP contribution is -2.60. The van der Waals surface area contributed by atoms with E-state index in [1.54, 1.807) is 28.4 Å². The van der Waals surface area contributed by atoms with Gasteiger partial charge in [0, 0.05) is 31.7 Å². The van der Waals surface area contributed by atoms with Crippen LogP contribution in [0.25, 0.3) is 0 Å². The van der Waals surface area contributed by atoms with Crippen molar-refractivity contribution in [2.75, 3.05) is 61.7 Å². The fraction of sp³-hybridized carbons (Fsp3) is 0.613. The first-order valence-electron chi connectivity index (χ1n) is 14.0. The molecule has 1 N–H and O–H groups in total. The Morgan fingerprint density at radius 2 is 1.47 bits per heavy atom. The van der Waals surface area contributed by atoms with E-state index in [1.165, 1.54) is 22.3 Å². The summed E-state index contributed by atoms with van der Waals surface area (Å²) in [6.07, 6.45) is 4.94. The van der Waals surface area contributed by atoms with Crippen LogP contribution in [0.5, 0.6) is 23.0 Å². The molecule has 0 radical (unpaired) electrons. The highest BCUT2D eigenvalue weighted by molar-refractivity contribution is 5.53. The number of fused-ring (bicyclic) bond motifs is 3. The molecule has 38 heavy (non-hydrogen) atoms. The van der Waals surface area contributed by atoms with E-state index in [0.29, 0.717) is 0 Å². The zero-order valence-electron chi connectivity index (χ0n) is 23.9. The minimum atomic E-state index is -0.172. The fourth-order valence-corrected chi connectivity index (χ4v) is 7.79. The number of likely N-dealkylation sites (N-methyl/N-ethyl adjacent to an activating group) is 2. The van der Waals surface area contributed by atoms with Gasteiger partial charge >= 0.3 is 0 Å². The number of aliphatic hydroxyl groups excluding tert-OH is 1. The van der Waals surface area contributed by atoms with Crippen molar-refractivity contribution in [3.63, 3.8) is 0 Å². The quantitative estimate of drug-likeness (QED) is 0.575. The van der Waals surface area contributed by atoms with Crippen LogP contribution in [0.4, 0.5) is 0 Å². The van der Waals surface area contributed by atoms with E-state index in [2.05, 4.69) is 48.0 Å². The standard InChI is InChI=1S/C31H44N2O5/c1-7-33-13-10-22-16-27(36-4)29(38-6)18-24(22)31(33)11-8-20(19-34)14-25(31)30-23-17-28(37-5)26(35-3)15-21(23)9-12-32(30)2/h15-18,20,25,30,34H,7-14,19H2,1-6H3. The van der Waals surface area contributed by atoms with Crippen molar-refractivity contribution in [2.24, 2.45) is 11.8 Å². The molecule has 2 aliphatic heterocycles. The first-order chi connectivity index (χ1) is 18.4. The average Bonchev–Trinajstić information content (AvgIpc) is 2.96. The molecule has 0 bridgehead atoms. The van der Waals surface area contributed by atoms with Crippen molar-refractivity contribution >= 4 is 0 Å². The third kappa shape index (κ3) is 4.23. The minimum absolute atomic E-state index is 0.172. The molecule has 3 aliphatic rings. The van der Waals surface area contributed by atoms with Crippen molar-refractivity contribution < 1.29 is 24.1 Å². The molecular formula is C31H44N2O5. The highest BCUT2D eigenvalue weighted by Gasteiger charge is 2.55. The van der Waals surface area contributed by atoms with Gasteiger partial charge in [0.1, 0.15) is 0 Å². The van der Waals surface area contributed by atoms with E-state index in [9.17, 15) is 5.11 Å². The van der Waals surface area contributed by atoms with Gasteiger partial charge < -0.3 is 24.1 Å². The summed E-state index contributed by atoms with van der Waals surface area (Å²) in [4.78, 5) is 5.24. The molecular weight excluding hydrogens is 480 g/mol. The van der Waals surface area contributed by atoms with Gasteiger partial charge in [-0.25, -0.2) is 0 Å². The van der Waals surface area contributed by atoms with Crippen LogP contribution in [0.3, 0.4) is 0 Å². The Labute approximate surface area is 227 Å². The monoisotopic (exact) mass is 524 g/mol. The summed E-state index contributed by atoms with van der Waals surface area (Å²) < 4.78 is 23.0. The summed E-state index contributed by atoms with van der Waals surface area (Å²) in [5, 5.41) is 10.4. The molecule has 7 nitrogen and oxygen atoms in total. The molecule has 208 valence electrons. The number of ether oxygens (including phenoxy) is 4. The van der Waals surface area contributed by atoms with Crippen molar-refractivity contribution in [1.29, 1.82) is 0 Å². The number of rotatable bonds is 7. The van der Waals surface area contributed by atoms with E-state index in [-0.39, 0.29) is 30.0 Å². The van der Waals surface area contributed by atoms with Crippen LogP contribution in [0.15, 0.2) is 24.3 Å². The van der Waals surface area contributed by atoms with Gasteiger partial charge in [-0.15, -0.1) is 0 Å². The van der Waals surface area contributed by atoms with E-state index in [4.69, 9.17) is 18.9 Å². The molecule has 4 unspecified atom stereocenters. The van der Waals surface area contributed by atoms with Gasteiger partial charge in [-0.2, -0.15) is 0 Å². The van der Waals surface area contributed by atoms with Gasteiger partial charge in [0.05, 0.1) is 34.0 Å². The van der Waals surface area contributed by atoms with Crippen molar-refractivity contribution in [3.05, 3.63) is 46.5 Å². The minimum Gasteiger partial charge on any atom is -0.493 e. The molecule has 5 rings (SSSR count). The molecule has 2 aromatic carbocycles. The number of aliphatic hydroxyl groups is 1. The maximum atomic E-state index is 10.4. The molecule has 2 heterocycles. The average molecular weight is 525 g/mol. The van der Waals surface area contributed by atoms with Gasteiger partial charge in [0.25, 0.3) is 0 Å². The second kappa shape index (κ2) is 10.9. The largest absolute Gasteiger partial charge is 0.493 e. The summed E-state index contributed by atoms with van der Waals surface area (Å²) in [7, 11) is 9.12. The summed E-state index contributed by atoms with van der Waals surface area (Å²) >= 11 is 0. The molecule has 0 amide bonds. The maximum absolute atomic E-state index is 10.4. The third-order valence-corrected chi connectivity index (χ3v) is 9.62. The predicted molar refractivity (Wildman–Crippen MR) is 149 cm³/mol. The fourth-order valence-electron chi connectivity index (χ4n) is 7.79. The Bertz CT molecular complexity index is 1150. The van der Waals surface area contributed by atoms with Crippen molar-refractivity contribution in [2.45, 2.75) is 50.6 Å². The summed E-state index contributed by atoms with van der Waals surface area (Å²) in [5.41, 5.74) is 5.20. The van der Waals surface area contributed by atoms with Crippen LogP contribution < -0.4 is 18.9 Å². The highest BCUT2D eigenvalue weighted by Crippen LogP contribution is 2.58. The molecule has 2 aromatic rings. The van der Waals surface area contributed by atoms with Crippen LogP contribution in [-0.4, -0.2) is 76.6 Å². The number of methoxy groups -OCH3 is 4. The first-order valence-corrected chi connectivity index (χ1v) is 14.0. The zero-order chi connectivity index (χ0) is 27.0. The molecule has 1 saturated carbocycles. The molecule has 0 aromatic heterocycles. The van der Waals surface area contributed by atoms with E-state index in [0.717, 1.165) is 74.7 Å². The normalized spacial score (nSPS) is 27.5. The Hall–Kier alpha value is -2.48. The van der Waals surface area contributed by atoms with Crippen LogP contribution in [0.2, 0.25) is 0 Å². The Morgan fingerprint density at radius 1 is 0.868 bits per heavy atom. The number of hydrogen-bond acceptors (Lipinski definition) is 7. The summed E-state index contributed by atoms with van der Waals surface area (Å²) in [6, 6.07) is 9.01. The molecule has 4 atom stereocenters. The van der Waals surface area contributed by atoms with Crippen LogP contribution in [0, 0.1) is 11.8 Å². The van der Waals surface area contributed by atoms with E-state index >= 15 is 0 Å². The predicted octanol–water partition coefficient (Wildman–Crippen LogP) is 4.43. The van der Waals surface area contributed by atoms with Gasteiger partial charge in [0.2, 0.25) is 0 Å². The Morgan fingerprint density at radius 3 is 2.11 bits per heavy atom. The summed E-state index contributed by atoms with van der Waals surface area (Å²) in [5.74, 6) is 3.70. The number of benzene rings is 2. The Kier molecular flexibility index (Phi) is 7.81. The molecule has 1 aliphatic carbocycles. The zero-order valence-corrected chi connectivity index (χ0v) is 23.9. The van der Waals surface area contributed by atoms with Crippen LogP contribution in [-0.2, 0) is 18.4 Å². The van der Waals surface area contributed by atoms with Gasteiger partial charge in [-0.05, 0) is 98.1 Å². The van der Waals surface area contributed by atoms with E-state index in [1.807, 2.05) is 0 Å². The molecule has 1 fully saturated rings. The topological polar surface area (TPSA) is 63.6 Å². The first kappa shape index (κ1) is 27.1. The molecule has 1 spiro atoms. The van der Waals surface area contributed by atoms with Gasteiger partial charge in [0.15, 0.2) is 23.0 Å². The van der Waals surface area contributed by atoms with Crippen LogP contribution >= 0.6 is 0 Å².